The highest BCUT2D eigenvalue weighted by Gasteiger charge is 2.19. The maximum atomic E-state index is 13.9. The number of halogens is 1. The third-order valence-electron chi connectivity index (χ3n) is 2.60. The van der Waals surface area contributed by atoms with Crippen LogP contribution in [0.5, 0.6) is 0 Å². The molecule has 0 radical (unpaired) electrons. The van der Waals surface area contributed by atoms with Gasteiger partial charge in [0.05, 0.1) is 12.2 Å². The molecule has 0 atom stereocenters. The lowest BCUT2D eigenvalue weighted by atomic mass is 10.2. The molecule has 0 saturated carbocycles. The van der Waals surface area contributed by atoms with Gasteiger partial charge in [0.25, 0.3) is 0 Å². The fourth-order valence-corrected chi connectivity index (χ4v) is 2.71. The van der Waals surface area contributed by atoms with E-state index >= 15 is 0 Å². The summed E-state index contributed by atoms with van der Waals surface area (Å²) in [5, 5.41) is 6.43. The van der Waals surface area contributed by atoms with Crippen molar-refractivity contribution in [3.63, 3.8) is 0 Å². The topological polar surface area (TPSA) is 84.2 Å². The first-order valence-corrected chi connectivity index (χ1v) is 7.33. The first-order chi connectivity index (χ1) is 9.53. The van der Waals surface area contributed by atoms with Crippen LogP contribution >= 0.6 is 0 Å². The number of hydrogen-bond donors (Lipinski definition) is 2. The molecule has 0 unspecified atom stereocenters. The molecule has 1 heterocycles. The number of benzene rings is 1. The minimum Gasteiger partial charge on any atom is -0.364 e. The van der Waals surface area contributed by atoms with Crippen LogP contribution in [-0.4, -0.2) is 20.6 Å². The molecule has 0 fully saturated rings. The summed E-state index contributed by atoms with van der Waals surface area (Å²) < 4.78 is 44.7. The van der Waals surface area contributed by atoms with Gasteiger partial charge in [-0.25, -0.2) is 17.5 Å². The summed E-state index contributed by atoms with van der Waals surface area (Å²) in [6.45, 7) is 0.403. The number of hydrogen-bond acceptors (Lipinski definition) is 5. The molecule has 20 heavy (non-hydrogen) atoms. The van der Waals surface area contributed by atoms with Gasteiger partial charge in [-0.1, -0.05) is 11.2 Å². The maximum absolute atomic E-state index is 13.9. The Balaban J connectivity index is 2.16. The highest BCUT2D eigenvalue weighted by molar-refractivity contribution is 7.89. The maximum Gasteiger partial charge on any atom is 0.243 e. The van der Waals surface area contributed by atoms with Gasteiger partial charge >= 0.3 is 0 Å². The molecule has 0 aliphatic rings. The summed E-state index contributed by atoms with van der Waals surface area (Å²) in [6.07, 6.45) is 1.33. The molecule has 2 N–H and O–H groups in total. The molecule has 108 valence electrons. The van der Waals surface area contributed by atoms with E-state index < -0.39 is 15.8 Å². The Hall–Kier alpha value is -1.77. The molecule has 0 spiro atoms. The van der Waals surface area contributed by atoms with Crippen LogP contribution in [0.15, 0.2) is 39.9 Å². The van der Waals surface area contributed by atoms with E-state index in [0.29, 0.717) is 17.8 Å². The summed E-state index contributed by atoms with van der Waals surface area (Å²) in [5.41, 5.74) is 1.08. The summed E-state index contributed by atoms with van der Waals surface area (Å²) in [4.78, 5) is -0.388. The highest BCUT2D eigenvalue weighted by Crippen LogP contribution is 2.16. The summed E-state index contributed by atoms with van der Waals surface area (Å²) in [6, 6.07) is 5.52. The van der Waals surface area contributed by atoms with Crippen LogP contribution in [0.25, 0.3) is 0 Å². The highest BCUT2D eigenvalue weighted by atomic mass is 32.2. The van der Waals surface area contributed by atoms with Gasteiger partial charge < -0.3 is 9.84 Å². The minimum atomic E-state index is -3.93. The number of aromatic nitrogens is 1. The molecule has 1 aromatic carbocycles. The monoisotopic (exact) mass is 299 g/mol. The smallest absolute Gasteiger partial charge is 0.243 e. The SMILES string of the molecule is CNCc1ccc(S(=O)(=O)NCc2ccon2)c(F)c1. The van der Waals surface area contributed by atoms with Gasteiger partial charge in [0.15, 0.2) is 0 Å². The molecule has 8 heteroatoms. The number of nitrogens with one attached hydrogen (secondary N) is 2. The summed E-state index contributed by atoms with van der Waals surface area (Å²) in [5.74, 6) is -0.787. The lowest BCUT2D eigenvalue weighted by molar-refractivity contribution is 0.411. The van der Waals surface area contributed by atoms with E-state index in [2.05, 4.69) is 19.7 Å². The van der Waals surface area contributed by atoms with Crippen molar-refractivity contribution in [2.45, 2.75) is 18.0 Å². The largest absolute Gasteiger partial charge is 0.364 e. The van der Waals surface area contributed by atoms with Crippen LogP contribution in [0.2, 0.25) is 0 Å². The Labute approximate surface area is 116 Å². The van der Waals surface area contributed by atoms with Crippen molar-refractivity contribution in [2.24, 2.45) is 0 Å². The van der Waals surface area contributed by atoms with Gasteiger partial charge in [0.2, 0.25) is 10.0 Å². The van der Waals surface area contributed by atoms with E-state index in [4.69, 9.17) is 0 Å². The van der Waals surface area contributed by atoms with Crippen LogP contribution in [0, 0.1) is 5.82 Å². The predicted octanol–water partition coefficient (Wildman–Crippen LogP) is 1.01. The molecular weight excluding hydrogens is 285 g/mol. The first kappa shape index (κ1) is 14.6. The van der Waals surface area contributed by atoms with Gasteiger partial charge in [-0.2, -0.15) is 0 Å². The van der Waals surface area contributed by atoms with Crippen LogP contribution in [0.1, 0.15) is 11.3 Å². The zero-order valence-corrected chi connectivity index (χ0v) is 11.6. The van der Waals surface area contributed by atoms with Crippen molar-refractivity contribution >= 4 is 10.0 Å². The fourth-order valence-electron chi connectivity index (χ4n) is 1.65. The van der Waals surface area contributed by atoms with Crippen molar-refractivity contribution in [3.05, 3.63) is 47.6 Å². The van der Waals surface area contributed by atoms with Crippen LogP contribution in [-0.2, 0) is 23.1 Å². The number of nitrogens with zero attached hydrogens (tertiary/aromatic N) is 1. The Morgan fingerprint density at radius 1 is 1.30 bits per heavy atom. The quantitative estimate of drug-likeness (QED) is 0.831. The van der Waals surface area contributed by atoms with Gasteiger partial charge in [0.1, 0.15) is 17.0 Å². The molecule has 2 aromatic rings. The molecule has 0 aliphatic carbocycles. The average molecular weight is 299 g/mol. The van der Waals surface area contributed by atoms with E-state index in [9.17, 15) is 12.8 Å². The third-order valence-corrected chi connectivity index (χ3v) is 4.04. The number of rotatable bonds is 6. The van der Waals surface area contributed by atoms with Gasteiger partial charge in [-0.3, -0.25) is 0 Å². The van der Waals surface area contributed by atoms with Crippen LogP contribution < -0.4 is 10.0 Å². The molecule has 1 aromatic heterocycles. The van der Waals surface area contributed by atoms with Crippen molar-refractivity contribution < 1.29 is 17.3 Å². The number of sulfonamides is 1. The van der Waals surface area contributed by atoms with Gasteiger partial charge in [-0.05, 0) is 24.7 Å². The molecular formula is C12H14FN3O3S. The summed E-state index contributed by atoms with van der Waals surface area (Å²) >= 11 is 0. The Bertz CT molecular complexity index is 671. The van der Waals surface area contributed by atoms with Crippen LogP contribution in [0.4, 0.5) is 4.39 Å². The second kappa shape index (κ2) is 6.12. The Morgan fingerprint density at radius 3 is 2.70 bits per heavy atom. The standard InChI is InChI=1S/C12H14FN3O3S/c1-14-7-9-2-3-12(11(13)6-9)20(17,18)15-8-10-4-5-19-16-10/h2-6,14-15H,7-8H2,1H3. The lowest BCUT2D eigenvalue weighted by Gasteiger charge is -2.08. The zero-order valence-electron chi connectivity index (χ0n) is 10.8. The molecule has 2 rings (SSSR count). The van der Waals surface area contributed by atoms with E-state index in [1.807, 2.05) is 0 Å². The Morgan fingerprint density at radius 2 is 2.10 bits per heavy atom. The Kier molecular flexibility index (Phi) is 4.48. The average Bonchev–Trinajstić information content (AvgIpc) is 2.90. The van der Waals surface area contributed by atoms with Crippen molar-refractivity contribution in [1.82, 2.24) is 15.2 Å². The molecule has 0 saturated heterocycles. The molecule has 6 nitrogen and oxygen atoms in total. The predicted molar refractivity (Wildman–Crippen MR) is 69.7 cm³/mol. The first-order valence-electron chi connectivity index (χ1n) is 5.85. The van der Waals surface area contributed by atoms with Gasteiger partial charge in [-0.15, -0.1) is 0 Å². The summed E-state index contributed by atoms with van der Waals surface area (Å²) in [7, 11) is -2.20. The third kappa shape index (κ3) is 3.41. The van der Waals surface area contributed by atoms with Crippen molar-refractivity contribution in [1.29, 1.82) is 0 Å². The molecule has 0 bridgehead atoms. The van der Waals surface area contributed by atoms with Crippen molar-refractivity contribution in [2.75, 3.05) is 7.05 Å². The van der Waals surface area contributed by atoms with E-state index in [1.165, 1.54) is 24.5 Å². The molecule has 0 aliphatic heterocycles. The second-order valence-corrected chi connectivity index (χ2v) is 5.85. The molecule has 0 amide bonds. The minimum absolute atomic E-state index is 0.0590. The second-order valence-electron chi connectivity index (χ2n) is 4.11. The van der Waals surface area contributed by atoms with E-state index in [1.54, 1.807) is 13.1 Å². The van der Waals surface area contributed by atoms with Gasteiger partial charge in [0, 0.05) is 12.6 Å². The fraction of sp³-hybridized carbons (Fsp3) is 0.250. The normalized spacial score (nSPS) is 11.7. The lowest BCUT2D eigenvalue weighted by Crippen LogP contribution is -2.24. The van der Waals surface area contributed by atoms with E-state index in [-0.39, 0.29) is 11.4 Å². The van der Waals surface area contributed by atoms with Crippen molar-refractivity contribution in [3.8, 4) is 0 Å². The van der Waals surface area contributed by atoms with Crippen LogP contribution in [0.3, 0.4) is 0 Å². The van der Waals surface area contributed by atoms with E-state index in [0.717, 1.165) is 0 Å². The zero-order chi connectivity index (χ0) is 14.6.